The summed E-state index contributed by atoms with van der Waals surface area (Å²) in [6.45, 7) is 3.67. The van der Waals surface area contributed by atoms with Gasteiger partial charge in [-0.1, -0.05) is 41.4 Å². The topological polar surface area (TPSA) is 59.2 Å². The molecule has 2 heterocycles. The highest BCUT2D eigenvalue weighted by Crippen LogP contribution is 2.34. The van der Waals surface area contributed by atoms with Crippen LogP contribution in [0.15, 0.2) is 48.5 Å². The van der Waals surface area contributed by atoms with Crippen LogP contribution in [0.4, 0.5) is 5.69 Å². The zero-order valence-electron chi connectivity index (χ0n) is 15.3. The average molecular weight is 380 g/mol. The number of hydrogen-bond donors (Lipinski definition) is 1. The predicted octanol–water partition coefficient (Wildman–Crippen LogP) is 4.57. The van der Waals surface area contributed by atoms with E-state index in [1.807, 2.05) is 18.2 Å². The molecule has 1 aliphatic rings. The first-order valence-corrected chi connectivity index (χ1v) is 9.60. The first kappa shape index (κ1) is 17.8. The molecule has 1 fully saturated rings. The van der Waals surface area contributed by atoms with Crippen LogP contribution >= 0.6 is 11.6 Å². The minimum atomic E-state index is -0.197. The van der Waals surface area contributed by atoms with Gasteiger partial charge in [0.15, 0.2) is 0 Å². The molecule has 5 heteroatoms. The van der Waals surface area contributed by atoms with Crippen LogP contribution in [0.5, 0.6) is 0 Å². The Balaban J connectivity index is 1.79. The number of carbonyl (C=O) groups is 1. The molecule has 0 unspecified atom stereocenters. The highest BCUT2D eigenvalue weighted by molar-refractivity contribution is 6.31. The largest absolute Gasteiger partial charge is 0.371 e. The van der Waals surface area contributed by atoms with Crippen molar-refractivity contribution in [2.45, 2.75) is 19.8 Å². The summed E-state index contributed by atoms with van der Waals surface area (Å²) in [6.07, 6.45) is 1.55. The van der Waals surface area contributed by atoms with Crippen LogP contribution in [0.25, 0.3) is 22.2 Å². The molecule has 0 bridgehead atoms. The number of aryl methyl sites for hydroxylation is 1. The Labute approximate surface area is 164 Å². The summed E-state index contributed by atoms with van der Waals surface area (Å²) in [5.41, 5.74) is 10.8. The van der Waals surface area contributed by atoms with E-state index in [0.29, 0.717) is 5.02 Å². The third-order valence-electron chi connectivity index (χ3n) is 5.33. The lowest BCUT2D eigenvalue weighted by Gasteiger charge is -2.33. The maximum atomic E-state index is 11.5. The van der Waals surface area contributed by atoms with Gasteiger partial charge in [0.25, 0.3) is 0 Å². The molecule has 27 heavy (non-hydrogen) atoms. The maximum Gasteiger partial charge on any atom is 0.220 e. The number of anilines is 1. The second kappa shape index (κ2) is 7.20. The summed E-state index contributed by atoms with van der Waals surface area (Å²) >= 11 is 6.26. The summed E-state index contributed by atoms with van der Waals surface area (Å²) < 4.78 is 0. The van der Waals surface area contributed by atoms with E-state index in [2.05, 4.69) is 42.2 Å². The fourth-order valence-electron chi connectivity index (χ4n) is 3.72. The second-order valence-corrected chi connectivity index (χ2v) is 7.65. The molecule has 2 N–H and O–H groups in total. The van der Waals surface area contributed by atoms with Crippen molar-refractivity contribution in [1.29, 1.82) is 0 Å². The van der Waals surface area contributed by atoms with Crippen LogP contribution in [0.2, 0.25) is 5.02 Å². The van der Waals surface area contributed by atoms with Crippen molar-refractivity contribution in [2.24, 2.45) is 11.7 Å². The van der Waals surface area contributed by atoms with Crippen LogP contribution in [-0.4, -0.2) is 24.0 Å². The number of carbonyl (C=O) groups excluding carboxylic acids is 1. The Kier molecular flexibility index (Phi) is 4.75. The molecule has 0 spiro atoms. The molecular formula is C22H22ClN3O. The Bertz CT molecular complexity index is 992. The molecule has 1 aromatic heterocycles. The number of pyridine rings is 1. The van der Waals surface area contributed by atoms with Crippen LogP contribution in [0, 0.1) is 12.8 Å². The summed E-state index contributed by atoms with van der Waals surface area (Å²) in [7, 11) is 0. The third-order valence-corrected chi connectivity index (χ3v) is 5.57. The molecule has 0 aliphatic carbocycles. The van der Waals surface area contributed by atoms with Crippen molar-refractivity contribution in [2.75, 3.05) is 18.0 Å². The van der Waals surface area contributed by atoms with E-state index in [9.17, 15) is 4.79 Å². The van der Waals surface area contributed by atoms with Crippen molar-refractivity contribution in [3.05, 3.63) is 59.1 Å². The van der Waals surface area contributed by atoms with E-state index in [-0.39, 0.29) is 11.8 Å². The highest BCUT2D eigenvalue weighted by atomic mass is 35.5. The quantitative estimate of drug-likeness (QED) is 0.725. The molecule has 2 aromatic carbocycles. The van der Waals surface area contributed by atoms with Gasteiger partial charge in [0.05, 0.1) is 11.2 Å². The van der Waals surface area contributed by atoms with E-state index >= 15 is 0 Å². The number of nitrogens with zero attached hydrogens (tertiary/aromatic N) is 2. The Morgan fingerprint density at radius 1 is 1.11 bits per heavy atom. The van der Waals surface area contributed by atoms with Crippen LogP contribution < -0.4 is 10.6 Å². The molecular weight excluding hydrogens is 358 g/mol. The Morgan fingerprint density at radius 3 is 2.48 bits per heavy atom. The summed E-state index contributed by atoms with van der Waals surface area (Å²) in [5, 5.41) is 1.73. The third kappa shape index (κ3) is 3.62. The zero-order valence-corrected chi connectivity index (χ0v) is 16.0. The number of fused-ring (bicyclic) bond motifs is 1. The first-order chi connectivity index (χ1) is 13.0. The number of halogens is 1. The van der Waals surface area contributed by atoms with Gasteiger partial charge in [0.1, 0.15) is 0 Å². The normalized spacial score (nSPS) is 15.3. The van der Waals surface area contributed by atoms with E-state index in [0.717, 1.165) is 53.8 Å². The van der Waals surface area contributed by atoms with E-state index < -0.39 is 0 Å². The van der Waals surface area contributed by atoms with Crippen LogP contribution in [-0.2, 0) is 4.79 Å². The molecule has 0 atom stereocenters. The minimum Gasteiger partial charge on any atom is -0.371 e. The lowest BCUT2D eigenvalue weighted by Crippen LogP contribution is -2.38. The number of hydrogen-bond acceptors (Lipinski definition) is 3. The van der Waals surface area contributed by atoms with Gasteiger partial charge in [-0.3, -0.25) is 4.79 Å². The Morgan fingerprint density at radius 2 is 1.81 bits per heavy atom. The SMILES string of the molecule is Cc1ccc(-c2cc(N3CCC(C(N)=O)CC3)c3cc(Cl)ccc3n2)cc1. The van der Waals surface area contributed by atoms with Gasteiger partial charge >= 0.3 is 0 Å². The summed E-state index contributed by atoms with van der Waals surface area (Å²) in [4.78, 5) is 18.7. The summed E-state index contributed by atoms with van der Waals surface area (Å²) in [6, 6.07) is 16.3. The van der Waals surface area contributed by atoms with Gasteiger partial charge in [-0.2, -0.15) is 0 Å². The molecule has 0 radical (unpaired) electrons. The standard InChI is InChI=1S/C22H22ClN3O/c1-14-2-4-15(5-3-14)20-13-21(18-12-17(23)6-7-19(18)25-20)26-10-8-16(9-11-26)22(24)27/h2-7,12-13,16H,8-11H2,1H3,(H2,24,27). The number of piperidine rings is 1. The van der Waals surface area contributed by atoms with E-state index in [4.69, 9.17) is 22.3 Å². The number of benzene rings is 2. The van der Waals surface area contributed by atoms with Crippen molar-refractivity contribution < 1.29 is 4.79 Å². The number of primary amides is 1. The molecule has 0 saturated carbocycles. The fraction of sp³-hybridized carbons (Fsp3) is 0.273. The smallest absolute Gasteiger partial charge is 0.220 e. The average Bonchev–Trinajstić information content (AvgIpc) is 2.68. The van der Waals surface area contributed by atoms with Gasteiger partial charge < -0.3 is 10.6 Å². The maximum absolute atomic E-state index is 11.5. The second-order valence-electron chi connectivity index (χ2n) is 7.22. The van der Waals surface area contributed by atoms with Gasteiger partial charge in [-0.05, 0) is 44.0 Å². The van der Waals surface area contributed by atoms with Gasteiger partial charge in [0.2, 0.25) is 5.91 Å². The Hall–Kier alpha value is -2.59. The van der Waals surface area contributed by atoms with Crippen molar-refractivity contribution in [3.8, 4) is 11.3 Å². The highest BCUT2D eigenvalue weighted by Gasteiger charge is 2.24. The van der Waals surface area contributed by atoms with Crippen molar-refractivity contribution in [1.82, 2.24) is 4.98 Å². The predicted molar refractivity (Wildman–Crippen MR) is 111 cm³/mol. The lowest BCUT2D eigenvalue weighted by atomic mass is 9.95. The molecule has 4 rings (SSSR count). The molecule has 138 valence electrons. The molecule has 3 aromatic rings. The number of nitrogens with two attached hydrogens (primary N) is 1. The van der Waals surface area contributed by atoms with Crippen LogP contribution in [0.3, 0.4) is 0 Å². The lowest BCUT2D eigenvalue weighted by molar-refractivity contribution is -0.122. The van der Waals surface area contributed by atoms with Crippen LogP contribution in [0.1, 0.15) is 18.4 Å². The molecule has 1 saturated heterocycles. The first-order valence-electron chi connectivity index (χ1n) is 9.23. The number of rotatable bonds is 3. The monoisotopic (exact) mass is 379 g/mol. The van der Waals surface area contributed by atoms with Crippen molar-refractivity contribution >= 4 is 34.1 Å². The van der Waals surface area contributed by atoms with Gasteiger partial charge in [-0.15, -0.1) is 0 Å². The van der Waals surface area contributed by atoms with Gasteiger partial charge in [-0.25, -0.2) is 4.98 Å². The molecule has 4 nitrogen and oxygen atoms in total. The molecule has 1 amide bonds. The van der Waals surface area contributed by atoms with Gasteiger partial charge in [0, 0.05) is 40.7 Å². The minimum absolute atomic E-state index is 0.0329. The van der Waals surface area contributed by atoms with E-state index in [1.165, 1.54) is 5.56 Å². The van der Waals surface area contributed by atoms with E-state index in [1.54, 1.807) is 0 Å². The number of aromatic nitrogens is 1. The fourth-order valence-corrected chi connectivity index (χ4v) is 3.89. The van der Waals surface area contributed by atoms with Crippen molar-refractivity contribution in [3.63, 3.8) is 0 Å². The molecule has 1 aliphatic heterocycles. The summed E-state index contributed by atoms with van der Waals surface area (Å²) in [5.74, 6) is -0.230. The number of amides is 1. The zero-order chi connectivity index (χ0) is 19.0.